The van der Waals surface area contributed by atoms with E-state index in [1.54, 1.807) is 19.2 Å². The molecule has 0 aliphatic carbocycles. The fraction of sp³-hybridized carbons (Fsp3) is 0.0417. The molecule has 160 valence electrons. The van der Waals surface area contributed by atoms with Gasteiger partial charge in [0, 0.05) is 11.6 Å². The molecule has 3 N–H and O–H groups in total. The predicted molar refractivity (Wildman–Crippen MR) is 123 cm³/mol. The van der Waals surface area contributed by atoms with Crippen molar-refractivity contribution in [1.82, 2.24) is 9.97 Å². The quantitative estimate of drug-likeness (QED) is 0.335. The molecule has 1 heterocycles. The van der Waals surface area contributed by atoms with Gasteiger partial charge in [-0.3, -0.25) is 4.55 Å². The first-order valence-corrected chi connectivity index (χ1v) is 11.2. The summed E-state index contributed by atoms with van der Waals surface area (Å²) in [5.41, 5.74) is 3.80. The number of fused-ring (bicyclic) bond motifs is 3. The molecule has 5 aromatic rings. The maximum absolute atomic E-state index is 11.5. The number of hydrogen-bond acceptors (Lipinski definition) is 5. The van der Waals surface area contributed by atoms with E-state index in [1.165, 1.54) is 6.07 Å². The molecule has 0 radical (unpaired) electrons. The topological polar surface area (TPSA) is 113 Å². The largest absolute Gasteiger partial charge is 0.507 e. The van der Waals surface area contributed by atoms with Crippen LogP contribution in [0.2, 0.25) is 0 Å². The number of nitrogens with zero attached hydrogens (tertiary/aromatic N) is 1. The number of nitrogens with one attached hydrogen (secondary N) is 1. The average Bonchev–Trinajstić information content (AvgIpc) is 3.22. The molecule has 0 saturated carbocycles. The van der Waals surface area contributed by atoms with Crippen LogP contribution in [-0.2, 0) is 10.1 Å². The van der Waals surface area contributed by atoms with Crippen LogP contribution in [0.3, 0.4) is 0 Å². The number of para-hydroxylation sites is 1. The summed E-state index contributed by atoms with van der Waals surface area (Å²) < 4.78 is 38.1. The number of imidazole rings is 1. The van der Waals surface area contributed by atoms with E-state index in [2.05, 4.69) is 4.98 Å². The minimum absolute atomic E-state index is 0.288. The van der Waals surface area contributed by atoms with E-state index in [0.29, 0.717) is 33.4 Å². The number of H-pyrrole nitrogens is 1. The van der Waals surface area contributed by atoms with Crippen LogP contribution >= 0.6 is 0 Å². The van der Waals surface area contributed by atoms with Crippen molar-refractivity contribution in [1.29, 1.82) is 0 Å². The van der Waals surface area contributed by atoms with Crippen LogP contribution in [0.25, 0.3) is 44.3 Å². The smallest absolute Gasteiger partial charge is 0.294 e. The zero-order chi connectivity index (χ0) is 22.5. The molecule has 0 amide bonds. The molecule has 32 heavy (non-hydrogen) atoms. The van der Waals surface area contributed by atoms with Crippen molar-refractivity contribution in [3.63, 3.8) is 0 Å². The molecule has 0 aliphatic rings. The van der Waals surface area contributed by atoms with Crippen LogP contribution in [0.15, 0.2) is 77.7 Å². The molecule has 0 spiro atoms. The average molecular weight is 446 g/mol. The first-order chi connectivity index (χ1) is 15.4. The number of phenols is 1. The van der Waals surface area contributed by atoms with E-state index in [1.807, 2.05) is 48.5 Å². The fourth-order valence-corrected chi connectivity index (χ4v) is 4.48. The maximum atomic E-state index is 11.5. The number of aromatic nitrogens is 2. The number of aromatic hydroxyl groups is 1. The molecular formula is C24H18N2O5S. The van der Waals surface area contributed by atoms with Crippen molar-refractivity contribution in [3.8, 4) is 34.0 Å². The SMILES string of the molecule is COc1c(-c2ccccc2)cccc1-c1nc2c(ccc3cc(S(=O)(=O)O)cc(O)c32)[nH]1. The van der Waals surface area contributed by atoms with E-state index in [4.69, 9.17) is 9.72 Å². The van der Waals surface area contributed by atoms with E-state index in [0.717, 1.165) is 22.8 Å². The van der Waals surface area contributed by atoms with Crippen LogP contribution in [0, 0.1) is 0 Å². The summed E-state index contributed by atoms with van der Waals surface area (Å²) in [6.45, 7) is 0. The molecule has 1 aromatic heterocycles. The Morgan fingerprint density at radius 3 is 2.41 bits per heavy atom. The summed E-state index contributed by atoms with van der Waals surface area (Å²) in [4.78, 5) is 7.58. The molecule has 4 aromatic carbocycles. The van der Waals surface area contributed by atoms with Crippen molar-refractivity contribution >= 4 is 31.9 Å². The predicted octanol–water partition coefficient (Wildman–Crippen LogP) is 5.01. The summed E-state index contributed by atoms with van der Waals surface area (Å²) in [7, 11) is -2.85. The summed E-state index contributed by atoms with van der Waals surface area (Å²) >= 11 is 0. The molecular weight excluding hydrogens is 428 g/mol. The van der Waals surface area contributed by atoms with Gasteiger partial charge in [0.1, 0.15) is 22.8 Å². The zero-order valence-electron chi connectivity index (χ0n) is 16.9. The van der Waals surface area contributed by atoms with Gasteiger partial charge in [-0.1, -0.05) is 48.5 Å². The summed E-state index contributed by atoms with van der Waals surface area (Å²) in [5.74, 6) is 0.907. The number of hydrogen-bond donors (Lipinski definition) is 3. The van der Waals surface area contributed by atoms with Crippen LogP contribution < -0.4 is 4.74 Å². The number of benzene rings is 4. The third-order valence-corrected chi connectivity index (χ3v) is 6.21. The third kappa shape index (κ3) is 3.26. The second-order valence-electron chi connectivity index (χ2n) is 7.32. The Balaban J connectivity index is 1.74. The number of aromatic amines is 1. The van der Waals surface area contributed by atoms with Gasteiger partial charge in [-0.25, -0.2) is 4.98 Å². The highest BCUT2D eigenvalue weighted by Gasteiger charge is 2.19. The van der Waals surface area contributed by atoms with Gasteiger partial charge in [-0.2, -0.15) is 8.42 Å². The van der Waals surface area contributed by atoms with E-state index in [9.17, 15) is 18.1 Å². The van der Waals surface area contributed by atoms with Crippen LogP contribution in [0.1, 0.15) is 0 Å². The monoisotopic (exact) mass is 446 g/mol. The summed E-state index contributed by atoms with van der Waals surface area (Å²) in [6, 6.07) is 21.4. The zero-order valence-corrected chi connectivity index (χ0v) is 17.7. The molecule has 0 atom stereocenters. The van der Waals surface area contributed by atoms with Gasteiger partial charge < -0.3 is 14.8 Å². The highest BCUT2D eigenvalue weighted by Crippen LogP contribution is 2.40. The fourth-order valence-electron chi connectivity index (χ4n) is 3.95. The second kappa shape index (κ2) is 7.37. The number of methoxy groups -OCH3 is 1. The van der Waals surface area contributed by atoms with E-state index in [-0.39, 0.29) is 10.6 Å². The minimum atomic E-state index is -4.45. The van der Waals surface area contributed by atoms with E-state index < -0.39 is 10.1 Å². The minimum Gasteiger partial charge on any atom is -0.507 e. The molecule has 0 saturated heterocycles. The highest BCUT2D eigenvalue weighted by molar-refractivity contribution is 7.85. The van der Waals surface area contributed by atoms with Crippen LogP contribution in [-0.4, -0.2) is 35.2 Å². The number of rotatable bonds is 4. The lowest BCUT2D eigenvalue weighted by Gasteiger charge is -2.12. The first kappa shape index (κ1) is 20.0. The van der Waals surface area contributed by atoms with Crippen LogP contribution in [0.4, 0.5) is 0 Å². The Bertz CT molecular complexity index is 1590. The highest BCUT2D eigenvalue weighted by atomic mass is 32.2. The molecule has 8 heteroatoms. The number of phenolic OH excluding ortho intramolecular Hbond substituents is 1. The Hall–Kier alpha value is -3.88. The second-order valence-corrected chi connectivity index (χ2v) is 8.74. The normalized spacial score (nSPS) is 11.8. The standard InChI is InChI=1S/C24H18N2O5S/c1-31-23-17(14-6-3-2-4-7-14)8-5-9-18(23)24-25-19-11-10-15-12-16(32(28,29)30)13-20(27)21(15)22(19)26-24/h2-13,27H,1H3,(H,25,26)(H,28,29,30). The van der Waals surface area contributed by atoms with Crippen molar-refractivity contribution in [2.24, 2.45) is 0 Å². The van der Waals surface area contributed by atoms with E-state index >= 15 is 0 Å². The van der Waals surface area contributed by atoms with Gasteiger partial charge in [0.15, 0.2) is 0 Å². The molecule has 0 unspecified atom stereocenters. The lowest BCUT2D eigenvalue weighted by atomic mass is 10.0. The molecule has 7 nitrogen and oxygen atoms in total. The Kier molecular flexibility index (Phi) is 4.61. The van der Waals surface area contributed by atoms with Crippen molar-refractivity contribution in [2.45, 2.75) is 4.90 Å². The van der Waals surface area contributed by atoms with Gasteiger partial charge in [0.05, 0.1) is 28.5 Å². The van der Waals surface area contributed by atoms with Crippen molar-refractivity contribution < 1.29 is 22.8 Å². The molecule has 0 fully saturated rings. The van der Waals surface area contributed by atoms with Crippen molar-refractivity contribution in [3.05, 3.63) is 72.8 Å². The van der Waals surface area contributed by atoms with Gasteiger partial charge in [0.2, 0.25) is 0 Å². The molecule has 5 rings (SSSR count). The molecule has 0 bridgehead atoms. The maximum Gasteiger partial charge on any atom is 0.294 e. The van der Waals surface area contributed by atoms with Gasteiger partial charge in [-0.15, -0.1) is 0 Å². The van der Waals surface area contributed by atoms with Crippen molar-refractivity contribution in [2.75, 3.05) is 7.11 Å². The third-order valence-electron chi connectivity index (χ3n) is 5.38. The number of ether oxygens (including phenoxy) is 1. The Morgan fingerprint density at radius 1 is 0.938 bits per heavy atom. The molecule has 0 aliphatic heterocycles. The van der Waals surface area contributed by atoms with Gasteiger partial charge in [-0.05, 0) is 29.1 Å². The first-order valence-electron chi connectivity index (χ1n) is 9.72. The Labute approximate surface area is 183 Å². The summed E-state index contributed by atoms with van der Waals surface area (Å²) in [6.07, 6.45) is 0. The van der Waals surface area contributed by atoms with Crippen LogP contribution in [0.5, 0.6) is 11.5 Å². The lowest BCUT2D eigenvalue weighted by molar-refractivity contribution is 0.418. The summed E-state index contributed by atoms with van der Waals surface area (Å²) in [5, 5.41) is 11.4. The van der Waals surface area contributed by atoms with Gasteiger partial charge >= 0.3 is 0 Å². The van der Waals surface area contributed by atoms with Gasteiger partial charge in [0.25, 0.3) is 10.1 Å². The lowest BCUT2D eigenvalue weighted by Crippen LogP contribution is -1.97. The Morgan fingerprint density at radius 2 is 1.69 bits per heavy atom.